The summed E-state index contributed by atoms with van der Waals surface area (Å²) in [5, 5.41) is 2.75. The molecule has 2 aliphatic rings. The Kier molecular flexibility index (Phi) is 19.8. The Morgan fingerprint density at radius 2 is 0.862 bits per heavy atom. The number of hydrogen-bond donors (Lipinski definition) is 0. The summed E-state index contributed by atoms with van der Waals surface area (Å²) in [5.74, 6) is 1.41. The van der Waals surface area contributed by atoms with E-state index >= 15 is 0 Å². The number of fused-ring (bicyclic) bond motifs is 1. The van der Waals surface area contributed by atoms with Gasteiger partial charge in [-0.3, -0.25) is 0 Å². The third-order valence-corrected chi connectivity index (χ3v) is 11.3. The van der Waals surface area contributed by atoms with Crippen LogP contribution in [0, 0.1) is 80.9 Å². The molecule has 58 heavy (non-hydrogen) atoms. The number of halogens is 2. The molecule has 0 heterocycles. The van der Waals surface area contributed by atoms with E-state index in [2.05, 4.69) is 121 Å². The van der Waals surface area contributed by atoms with Crippen LogP contribution in [-0.2, 0) is 12.8 Å². The SMILES string of the molecule is C.C.CCc1c(C)ccc(C)c1F.CCc1cc(C)ccc1C.Cc1ccc(C)c(C2CC2)c1.Cc1ccc(C)c(C2CC2)c1F.Cc1ccc(C)c2ccccc12. The van der Waals surface area contributed by atoms with E-state index in [1.165, 1.54) is 75.4 Å². The summed E-state index contributed by atoms with van der Waals surface area (Å²) >= 11 is 0. The molecule has 312 valence electrons. The Bertz CT molecular complexity index is 2170. The van der Waals surface area contributed by atoms with Crippen LogP contribution in [0.4, 0.5) is 8.78 Å². The summed E-state index contributed by atoms with van der Waals surface area (Å²) in [6.45, 7) is 24.7. The van der Waals surface area contributed by atoms with Crippen LogP contribution in [0.5, 0.6) is 0 Å². The predicted molar refractivity (Wildman–Crippen MR) is 253 cm³/mol. The molecule has 2 fully saturated rings. The van der Waals surface area contributed by atoms with Gasteiger partial charge in [-0.05, 0) is 197 Å². The summed E-state index contributed by atoms with van der Waals surface area (Å²) in [4.78, 5) is 0. The van der Waals surface area contributed by atoms with Gasteiger partial charge in [-0.15, -0.1) is 0 Å². The van der Waals surface area contributed by atoms with Crippen LogP contribution in [0.1, 0.15) is 144 Å². The van der Waals surface area contributed by atoms with Crippen molar-refractivity contribution < 1.29 is 8.78 Å². The smallest absolute Gasteiger partial charge is 0.129 e. The quantitative estimate of drug-likeness (QED) is 0.167. The van der Waals surface area contributed by atoms with E-state index < -0.39 is 0 Å². The summed E-state index contributed by atoms with van der Waals surface area (Å²) < 4.78 is 26.8. The van der Waals surface area contributed by atoms with E-state index in [1.54, 1.807) is 12.5 Å². The molecule has 8 rings (SSSR count). The Balaban J connectivity index is 0.000000248. The second-order valence-corrected chi connectivity index (χ2v) is 16.2. The van der Waals surface area contributed by atoms with Crippen molar-refractivity contribution in [2.45, 2.75) is 148 Å². The van der Waals surface area contributed by atoms with Crippen molar-refractivity contribution >= 4 is 10.8 Å². The normalized spacial score (nSPS) is 12.4. The first-order valence-corrected chi connectivity index (χ1v) is 20.7. The summed E-state index contributed by atoms with van der Waals surface area (Å²) in [7, 11) is 0. The van der Waals surface area contributed by atoms with Gasteiger partial charge in [0.25, 0.3) is 0 Å². The van der Waals surface area contributed by atoms with Crippen LogP contribution < -0.4 is 0 Å². The molecule has 0 atom stereocenters. The van der Waals surface area contributed by atoms with Crippen molar-refractivity contribution in [2.75, 3.05) is 0 Å². The second kappa shape index (κ2) is 23.1. The number of rotatable bonds is 4. The summed E-state index contributed by atoms with van der Waals surface area (Å²) in [5.41, 5.74) is 16.9. The highest BCUT2D eigenvalue weighted by Crippen LogP contribution is 2.43. The molecule has 0 N–H and O–H groups in total. The molecule has 2 saturated carbocycles. The summed E-state index contributed by atoms with van der Waals surface area (Å²) in [6, 6.07) is 34.0. The fourth-order valence-electron chi connectivity index (χ4n) is 7.32. The van der Waals surface area contributed by atoms with E-state index in [0.29, 0.717) is 5.92 Å². The van der Waals surface area contributed by atoms with Gasteiger partial charge in [-0.25, -0.2) is 8.78 Å². The summed E-state index contributed by atoms with van der Waals surface area (Å²) in [6.07, 6.45) is 7.07. The lowest BCUT2D eigenvalue weighted by molar-refractivity contribution is 0.599. The average molecular weight is 785 g/mol. The molecular formula is C56H74F2. The molecule has 0 radical (unpaired) electrons. The molecule has 0 amide bonds. The maximum atomic E-state index is 13.6. The first-order chi connectivity index (χ1) is 26.7. The fourth-order valence-corrected chi connectivity index (χ4v) is 7.32. The highest BCUT2D eigenvalue weighted by molar-refractivity contribution is 5.88. The molecule has 0 aromatic heterocycles. The average Bonchev–Trinajstić information content (AvgIpc) is 4.13. The molecular weight excluding hydrogens is 711 g/mol. The van der Waals surface area contributed by atoms with Gasteiger partial charge in [0, 0.05) is 0 Å². The monoisotopic (exact) mass is 785 g/mol. The molecule has 0 unspecified atom stereocenters. The zero-order chi connectivity index (χ0) is 41.1. The first-order valence-electron chi connectivity index (χ1n) is 20.7. The molecule has 6 aromatic carbocycles. The molecule has 0 aliphatic heterocycles. The van der Waals surface area contributed by atoms with Crippen molar-refractivity contribution in [3.05, 3.63) is 187 Å². The topological polar surface area (TPSA) is 0 Å². The number of aryl methyl sites for hydroxylation is 11. The molecule has 2 heteroatoms. The van der Waals surface area contributed by atoms with Crippen molar-refractivity contribution in [2.24, 2.45) is 0 Å². The van der Waals surface area contributed by atoms with Gasteiger partial charge >= 0.3 is 0 Å². The zero-order valence-corrected chi connectivity index (χ0v) is 36.4. The Hall–Kier alpha value is -4.56. The van der Waals surface area contributed by atoms with Gasteiger partial charge in [-0.2, -0.15) is 0 Å². The van der Waals surface area contributed by atoms with Crippen LogP contribution >= 0.6 is 0 Å². The van der Waals surface area contributed by atoms with Gasteiger partial charge in [0.15, 0.2) is 0 Å². The van der Waals surface area contributed by atoms with Crippen LogP contribution in [0.3, 0.4) is 0 Å². The Morgan fingerprint density at radius 1 is 0.431 bits per heavy atom. The Morgan fingerprint density at radius 3 is 1.33 bits per heavy atom. The van der Waals surface area contributed by atoms with Gasteiger partial charge in [-0.1, -0.05) is 137 Å². The third-order valence-electron chi connectivity index (χ3n) is 11.3. The lowest BCUT2D eigenvalue weighted by atomic mass is 10.0. The van der Waals surface area contributed by atoms with Crippen LogP contribution in [0.2, 0.25) is 0 Å². The molecule has 2 aliphatic carbocycles. The predicted octanol–water partition coefficient (Wildman–Crippen LogP) is 17.1. The number of benzene rings is 6. The van der Waals surface area contributed by atoms with Gasteiger partial charge in [0.1, 0.15) is 11.6 Å². The fraction of sp³-hybridized carbons (Fsp3) is 0.393. The van der Waals surface area contributed by atoms with E-state index in [9.17, 15) is 8.78 Å². The van der Waals surface area contributed by atoms with Crippen LogP contribution in [-0.4, -0.2) is 0 Å². The van der Waals surface area contributed by atoms with E-state index in [0.717, 1.165) is 52.1 Å². The highest BCUT2D eigenvalue weighted by atomic mass is 19.1. The van der Waals surface area contributed by atoms with Gasteiger partial charge in [0.2, 0.25) is 0 Å². The standard InChI is InChI=1S/C12H12.C11H13F.C11H14.C10H13F.C10H14.2CH4/c1-9-7-8-10(2)12-6-4-3-5-11(9)12;1-7-3-4-8(2)11(12)10(7)9-5-6-9;1-8-3-4-9(2)11(7-8)10-5-6-10;1-4-9-7(2)5-6-8(3)10(9)11;1-4-10-7-8(2)5-6-9(10)3;;/h3-8H,1-2H3;3-4,9H,5-6H2,1-2H3;3-4,7,10H,5-6H2,1-2H3;5-6H,4H2,1-3H3;5-7H,4H2,1-3H3;2*1H4. The number of hydrogen-bond acceptors (Lipinski definition) is 0. The third kappa shape index (κ3) is 13.8. The van der Waals surface area contributed by atoms with E-state index in [-0.39, 0.29) is 26.5 Å². The highest BCUT2D eigenvalue weighted by Gasteiger charge is 2.28. The van der Waals surface area contributed by atoms with Crippen molar-refractivity contribution in [3.63, 3.8) is 0 Å². The molecule has 0 bridgehead atoms. The second-order valence-electron chi connectivity index (χ2n) is 16.2. The molecule has 0 spiro atoms. The lowest BCUT2D eigenvalue weighted by Gasteiger charge is -2.07. The molecule has 6 aromatic rings. The minimum atomic E-state index is -0.0347. The van der Waals surface area contributed by atoms with Crippen LogP contribution in [0.25, 0.3) is 10.8 Å². The largest absolute Gasteiger partial charge is 0.206 e. The van der Waals surface area contributed by atoms with Crippen molar-refractivity contribution in [1.82, 2.24) is 0 Å². The van der Waals surface area contributed by atoms with Crippen LogP contribution in [0.15, 0.2) is 97.1 Å². The van der Waals surface area contributed by atoms with Gasteiger partial charge in [0.05, 0.1) is 0 Å². The maximum absolute atomic E-state index is 13.6. The minimum absolute atomic E-state index is 0. The minimum Gasteiger partial charge on any atom is -0.206 e. The van der Waals surface area contributed by atoms with Crippen molar-refractivity contribution in [1.29, 1.82) is 0 Å². The molecule has 0 nitrogen and oxygen atoms in total. The van der Waals surface area contributed by atoms with Crippen molar-refractivity contribution in [3.8, 4) is 0 Å². The van der Waals surface area contributed by atoms with E-state index in [4.69, 9.17) is 0 Å². The zero-order valence-electron chi connectivity index (χ0n) is 36.4. The lowest BCUT2D eigenvalue weighted by Crippen LogP contribution is -1.94. The maximum Gasteiger partial charge on any atom is 0.129 e. The first kappa shape index (κ1) is 49.6. The van der Waals surface area contributed by atoms with Gasteiger partial charge < -0.3 is 0 Å². The Labute approximate surface area is 353 Å². The molecule has 0 saturated heterocycles. The van der Waals surface area contributed by atoms with E-state index in [1.807, 2.05) is 52.0 Å².